The van der Waals surface area contributed by atoms with E-state index in [1.807, 2.05) is 6.07 Å². The third kappa shape index (κ3) is 4.44. The van der Waals surface area contributed by atoms with Gasteiger partial charge in [-0.2, -0.15) is 0 Å². The Morgan fingerprint density at radius 2 is 2.21 bits per heavy atom. The van der Waals surface area contributed by atoms with E-state index in [9.17, 15) is 4.39 Å². The summed E-state index contributed by atoms with van der Waals surface area (Å²) in [5, 5.41) is 3.98. The molecule has 1 fully saturated rings. The van der Waals surface area contributed by atoms with Gasteiger partial charge >= 0.3 is 0 Å². The first-order valence-electron chi connectivity index (χ1n) is 6.97. The smallest absolute Gasteiger partial charge is 0.125 e. The van der Waals surface area contributed by atoms with E-state index in [-0.39, 0.29) is 5.82 Å². The molecule has 1 unspecified atom stereocenters. The van der Waals surface area contributed by atoms with Crippen LogP contribution in [0, 0.1) is 5.82 Å². The molecule has 1 aliphatic rings. The van der Waals surface area contributed by atoms with Gasteiger partial charge in [-0.3, -0.25) is 4.90 Å². The van der Waals surface area contributed by atoms with E-state index >= 15 is 0 Å². The zero-order valence-corrected chi connectivity index (χ0v) is 12.4. The van der Waals surface area contributed by atoms with Crippen LogP contribution >= 0.6 is 11.6 Å². The first-order valence-corrected chi connectivity index (χ1v) is 7.35. The maximum Gasteiger partial charge on any atom is 0.125 e. The second kappa shape index (κ2) is 6.69. The molecule has 0 spiro atoms. The summed E-state index contributed by atoms with van der Waals surface area (Å²) >= 11 is 5.91. The topological polar surface area (TPSA) is 15.3 Å². The minimum Gasteiger partial charge on any atom is -0.313 e. The van der Waals surface area contributed by atoms with Crippen molar-refractivity contribution >= 4 is 11.6 Å². The highest BCUT2D eigenvalue weighted by Crippen LogP contribution is 2.18. The molecule has 0 amide bonds. The van der Waals surface area contributed by atoms with Gasteiger partial charge in [0.1, 0.15) is 5.82 Å². The van der Waals surface area contributed by atoms with Gasteiger partial charge in [0.2, 0.25) is 0 Å². The molecular formula is C15H22ClFN2. The molecular weight excluding hydrogens is 263 g/mol. The average molecular weight is 285 g/mol. The summed E-state index contributed by atoms with van der Waals surface area (Å²) < 4.78 is 13.4. The largest absolute Gasteiger partial charge is 0.313 e. The monoisotopic (exact) mass is 284 g/mol. The van der Waals surface area contributed by atoms with Gasteiger partial charge in [0, 0.05) is 30.2 Å². The molecule has 1 aliphatic heterocycles. The van der Waals surface area contributed by atoms with Crippen LogP contribution in [0.1, 0.15) is 32.3 Å². The molecule has 0 aromatic heterocycles. The van der Waals surface area contributed by atoms with Gasteiger partial charge < -0.3 is 5.32 Å². The Morgan fingerprint density at radius 3 is 2.79 bits per heavy atom. The Hall–Kier alpha value is -0.640. The number of benzene rings is 1. The highest BCUT2D eigenvalue weighted by Gasteiger charge is 2.20. The standard InChI is InChI=1S/C15H22ClFN2/c1-11(2)19(10-15-4-3-5-18-15)9-12-6-13(16)8-14(17)7-12/h6-8,11,15,18H,3-5,9-10H2,1-2H3. The predicted molar refractivity (Wildman–Crippen MR) is 78.0 cm³/mol. The molecule has 0 aliphatic carbocycles. The lowest BCUT2D eigenvalue weighted by molar-refractivity contribution is 0.194. The number of hydrogen-bond acceptors (Lipinski definition) is 2. The van der Waals surface area contributed by atoms with Gasteiger partial charge in [0.15, 0.2) is 0 Å². The number of nitrogens with zero attached hydrogens (tertiary/aromatic N) is 1. The van der Waals surface area contributed by atoms with E-state index < -0.39 is 0 Å². The molecule has 0 bridgehead atoms. The van der Waals surface area contributed by atoms with E-state index in [4.69, 9.17) is 11.6 Å². The lowest BCUT2D eigenvalue weighted by atomic mass is 10.1. The number of halogens is 2. The number of rotatable bonds is 5. The quantitative estimate of drug-likeness (QED) is 0.891. The van der Waals surface area contributed by atoms with Gasteiger partial charge in [0.25, 0.3) is 0 Å². The van der Waals surface area contributed by atoms with Crippen molar-refractivity contribution in [1.29, 1.82) is 0 Å². The third-order valence-electron chi connectivity index (χ3n) is 3.66. The predicted octanol–water partition coefficient (Wildman–Crippen LogP) is 3.44. The summed E-state index contributed by atoms with van der Waals surface area (Å²) in [6.07, 6.45) is 2.48. The number of hydrogen-bond donors (Lipinski definition) is 1. The summed E-state index contributed by atoms with van der Waals surface area (Å²) in [6, 6.07) is 5.77. The minimum atomic E-state index is -0.259. The maximum absolute atomic E-state index is 13.4. The summed E-state index contributed by atoms with van der Waals surface area (Å²) in [7, 11) is 0. The van der Waals surface area contributed by atoms with Gasteiger partial charge in [0.05, 0.1) is 0 Å². The zero-order chi connectivity index (χ0) is 13.8. The van der Waals surface area contributed by atoms with Crippen molar-refractivity contribution in [3.8, 4) is 0 Å². The summed E-state index contributed by atoms with van der Waals surface area (Å²) in [4.78, 5) is 2.37. The summed E-state index contributed by atoms with van der Waals surface area (Å²) in [5.41, 5.74) is 0.941. The molecule has 1 atom stereocenters. The van der Waals surface area contributed by atoms with Gasteiger partial charge in [-0.1, -0.05) is 11.6 Å². The summed E-state index contributed by atoms with van der Waals surface area (Å²) in [6.45, 7) is 7.22. The molecule has 0 saturated carbocycles. The third-order valence-corrected chi connectivity index (χ3v) is 3.87. The maximum atomic E-state index is 13.4. The first-order chi connectivity index (χ1) is 9.04. The van der Waals surface area contributed by atoms with Crippen molar-refractivity contribution in [2.75, 3.05) is 13.1 Å². The van der Waals surface area contributed by atoms with Crippen LogP contribution < -0.4 is 5.32 Å². The van der Waals surface area contributed by atoms with Crippen LogP contribution in [-0.4, -0.2) is 30.1 Å². The van der Waals surface area contributed by atoms with Crippen LogP contribution in [0.5, 0.6) is 0 Å². The van der Waals surface area contributed by atoms with Crippen LogP contribution in [0.3, 0.4) is 0 Å². The Bertz CT molecular complexity index is 396. The molecule has 0 radical (unpaired) electrons. The van der Waals surface area contributed by atoms with Crippen molar-refractivity contribution in [2.45, 2.75) is 45.3 Å². The van der Waals surface area contributed by atoms with Crippen molar-refractivity contribution < 1.29 is 4.39 Å². The first kappa shape index (κ1) is 14.8. The Balaban J connectivity index is 2.02. The normalized spacial score (nSPS) is 19.6. The Morgan fingerprint density at radius 1 is 1.42 bits per heavy atom. The molecule has 106 valence electrons. The zero-order valence-electron chi connectivity index (χ0n) is 11.6. The molecule has 1 heterocycles. The van der Waals surface area contributed by atoms with Gasteiger partial charge in [-0.05, 0) is 57.0 Å². The highest BCUT2D eigenvalue weighted by molar-refractivity contribution is 6.30. The fourth-order valence-electron chi connectivity index (χ4n) is 2.59. The Labute approximate surface area is 119 Å². The van der Waals surface area contributed by atoms with Gasteiger partial charge in [-0.15, -0.1) is 0 Å². The van der Waals surface area contributed by atoms with Crippen LogP contribution in [0.2, 0.25) is 5.02 Å². The highest BCUT2D eigenvalue weighted by atomic mass is 35.5. The molecule has 1 saturated heterocycles. The average Bonchev–Trinajstić information content (AvgIpc) is 2.79. The molecule has 1 aromatic carbocycles. The van der Waals surface area contributed by atoms with Crippen LogP contribution in [0.25, 0.3) is 0 Å². The lowest BCUT2D eigenvalue weighted by Crippen LogP contribution is -2.40. The second-order valence-electron chi connectivity index (χ2n) is 5.59. The van der Waals surface area contributed by atoms with Crippen molar-refractivity contribution in [2.24, 2.45) is 0 Å². The van der Waals surface area contributed by atoms with Crippen LogP contribution in [0.15, 0.2) is 18.2 Å². The minimum absolute atomic E-state index is 0.259. The van der Waals surface area contributed by atoms with Crippen LogP contribution in [-0.2, 0) is 6.54 Å². The molecule has 2 nitrogen and oxygen atoms in total. The van der Waals surface area contributed by atoms with Crippen molar-refractivity contribution in [3.63, 3.8) is 0 Å². The molecule has 19 heavy (non-hydrogen) atoms. The van der Waals surface area contributed by atoms with Crippen LogP contribution in [0.4, 0.5) is 4.39 Å². The molecule has 2 rings (SSSR count). The van der Waals surface area contributed by atoms with E-state index in [0.717, 1.165) is 25.2 Å². The SMILES string of the molecule is CC(C)N(Cc1cc(F)cc(Cl)c1)CC1CCCN1. The fourth-order valence-corrected chi connectivity index (χ4v) is 2.83. The molecule has 4 heteroatoms. The van der Waals surface area contributed by atoms with E-state index in [2.05, 4.69) is 24.1 Å². The van der Waals surface area contributed by atoms with E-state index in [1.54, 1.807) is 6.07 Å². The van der Waals surface area contributed by atoms with Crippen molar-refractivity contribution in [1.82, 2.24) is 10.2 Å². The fraction of sp³-hybridized carbons (Fsp3) is 0.600. The van der Waals surface area contributed by atoms with E-state index in [1.165, 1.54) is 18.9 Å². The number of nitrogens with one attached hydrogen (secondary N) is 1. The van der Waals surface area contributed by atoms with Crippen molar-refractivity contribution in [3.05, 3.63) is 34.6 Å². The molecule has 1 N–H and O–H groups in total. The lowest BCUT2D eigenvalue weighted by Gasteiger charge is -2.29. The second-order valence-corrected chi connectivity index (χ2v) is 6.03. The van der Waals surface area contributed by atoms with E-state index in [0.29, 0.717) is 17.1 Å². The Kier molecular flexibility index (Phi) is 5.20. The summed E-state index contributed by atoms with van der Waals surface area (Å²) in [5.74, 6) is -0.259. The molecule has 1 aromatic rings. The van der Waals surface area contributed by atoms with Gasteiger partial charge in [-0.25, -0.2) is 4.39 Å².